The van der Waals surface area contributed by atoms with Gasteiger partial charge in [-0.1, -0.05) is 41.4 Å². The molecule has 0 aromatic heterocycles. The molecule has 0 N–H and O–H groups in total. The molecule has 9 heteroatoms. The minimum absolute atomic E-state index is 0.0528. The highest BCUT2D eigenvalue weighted by Gasteiger charge is 2.25. The highest BCUT2D eigenvalue weighted by Crippen LogP contribution is 2.36. The molecule has 6 nitrogen and oxygen atoms in total. The molecule has 3 rings (SSSR count). The molecule has 3 aromatic rings. The summed E-state index contributed by atoms with van der Waals surface area (Å²) in [6.07, 6.45) is 0.618. The van der Waals surface area contributed by atoms with E-state index in [0.717, 1.165) is 5.56 Å². The summed E-state index contributed by atoms with van der Waals surface area (Å²) in [5, 5.41) is 9.02. The summed E-state index contributed by atoms with van der Waals surface area (Å²) in [5.41, 5.74) is 1.60. The minimum Gasteiger partial charge on any atom is -0.494 e. The van der Waals surface area contributed by atoms with E-state index in [1.807, 2.05) is 12.1 Å². The molecule has 0 spiro atoms. The molecule has 0 amide bonds. The van der Waals surface area contributed by atoms with Crippen molar-refractivity contribution in [1.82, 2.24) is 0 Å². The van der Waals surface area contributed by atoms with Gasteiger partial charge in [0.15, 0.2) is 10.6 Å². The highest BCUT2D eigenvalue weighted by atomic mass is 35.5. The van der Waals surface area contributed by atoms with E-state index >= 15 is 0 Å². The van der Waals surface area contributed by atoms with Gasteiger partial charge < -0.3 is 13.7 Å². The molecule has 0 aliphatic heterocycles. The van der Waals surface area contributed by atoms with Crippen molar-refractivity contribution in [2.75, 3.05) is 13.7 Å². The number of halogens is 2. The summed E-state index contributed by atoms with van der Waals surface area (Å²) < 4.78 is 41.6. The van der Waals surface area contributed by atoms with Crippen LogP contribution >= 0.6 is 23.2 Å². The van der Waals surface area contributed by atoms with E-state index < -0.39 is 10.1 Å². The summed E-state index contributed by atoms with van der Waals surface area (Å²) in [6, 6.07) is 18.1. The van der Waals surface area contributed by atoms with Gasteiger partial charge in [-0.25, -0.2) is 0 Å². The van der Waals surface area contributed by atoms with Crippen LogP contribution in [0.15, 0.2) is 65.6 Å². The molecule has 0 aliphatic carbocycles. The standard InChI is InChI=1S/C22H17Cl2NO5S/c1-28-22-20(24)11-17(23)12-21(22)31(26,27)30-19-4-2-3-18(13-19)29-10-9-15-5-7-16(14-25)8-6-15/h2-8,11-13H,9-10H2,1H3. The smallest absolute Gasteiger partial charge is 0.343 e. The lowest BCUT2D eigenvalue weighted by Gasteiger charge is -2.13. The Morgan fingerprint density at radius 3 is 2.39 bits per heavy atom. The van der Waals surface area contributed by atoms with E-state index in [4.69, 9.17) is 42.1 Å². The molecular weight excluding hydrogens is 461 g/mol. The second-order valence-corrected chi connectivity index (χ2v) is 8.70. The van der Waals surface area contributed by atoms with E-state index in [1.165, 1.54) is 31.4 Å². The Balaban J connectivity index is 1.71. The van der Waals surface area contributed by atoms with Gasteiger partial charge in [0, 0.05) is 17.5 Å². The number of benzene rings is 3. The normalized spacial score (nSPS) is 10.9. The summed E-state index contributed by atoms with van der Waals surface area (Å²) in [5.74, 6) is 0.451. The van der Waals surface area contributed by atoms with Gasteiger partial charge in [0.1, 0.15) is 11.5 Å². The SMILES string of the molecule is COc1c(Cl)cc(Cl)cc1S(=O)(=O)Oc1cccc(OCCc2ccc(C#N)cc2)c1. The van der Waals surface area contributed by atoms with Gasteiger partial charge in [-0.3, -0.25) is 0 Å². The lowest BCUT2D eigenvalue weighted by Crippen LogP contribution is -2.11. The summed E-state index contributed by atoms with van der Waals surface area (Å²) in [4.78, 5) is -0.278. The van der Waals surface area contributed by atoms with Gasteiger partial charge in [0.05, 0.1) is 30.4 Å². The molecule has 0 saturated heterocycles. The van der Waals surface area contributed by atoms with Crippen molar-refractivity contribution in [1.29, 1.82) is 5.26 Å². The molecular formula is C22H17Cl2NO5S. The predicted molar refractivity (Wildman–Crippen MR) is 118 cm³/mol. The van der Waals surface area contributed by atoms with E-state index in [-0.39, 0.29) is 26.4 Å². The first-order valence-electron chi connectivity index (χ1n) is 9.02. The summed E-state index contributed by atoms with van der Waals surface area (Å²) in [6.45, 7) is 0.361. The van der Waals surface area contributed by atoms with Crippen LogP contribution in [0, 0.1) is 11.3 Å². The predicted octanol–water partition coefficient (Wildman–Crippen LogP) is 5.26. The van der Waals surface area contributed by atoms with Gasteiger partial charge in [0.25, 0.3) is 0 Å². The molecule has 160 valence electrons. The largest absolute Gasteiger partial charge is 0.494 e. The molecule has 3 aromatic carbocycles. The van der Waals surface area contributed by atoms with Crippen LogP contribution in [0.1, 0.15) is 11.1 Å². The van der Waals surface area contributed by atoms with Crippen molar-refractivity contribution in [3.8, 4) is 23.3 Å². The van der Waals surface area contributed by atoms with Gasteiger partial charge in [-0.05, 0) is 42.0 Å². The number of ether oxygens (including phenoxy) is 2. The van der Waals surface area contributed by atoms with Gasteiger partial charge >= 0.3 is 10.1 Å². The lowest BCUT2D eigenvalue weighted by atomic mass is 10.1. The molecule has 0 saturated carbocycles. The summed E-state index contributed by atoms with van der Waals surface area (Å²) in [7, 11) is -2.96. The van der Waals surface area contributed by atoms with Crippen LogP contribution in [0.4, 0.5) is 0 Å². The molecule has 0 fully saturated rings. The summed E-state index contributed by atoms with van der Waals surface area (Å²) >= 11 is 12.0. The number of methoxy groups -OCH3 is 1. The topological polar surface area (TPSA) is 85.6 Å². The van der Waals surface area contributed by atoms with Crippen LogP contribution in [0.3, 0.4) is 0 Å². The Labute approximate surface area is 190 Å². The second kappa shape index (κ2) is 9.92. The average molecular weight is 478 g/mol. The van der Waals surface area contributed by atoms with Crippen LogP contribution < -0.4 is 13.7 Å². The van der Waals surface area contributed by atoms with Crippen molar-refractivity contribution in [2.45, 2.75) is 11.3 Å². The third-order valence-corrected chi connectivity index (χ3v) is 5.95. The Hall–Kier alpha value is -2.92. The molecule has 0 heterocycles. The van der Waals surface area contributed by atoms with Gasteiger partial charge in [-0.15, -0.1) is 0 Å². The zero-order valence-corrected chi connectivity index (χ0v) is 18.7. The van der Waals surface area contributed by atoms with E-state index in [1.54, 1.807) is 24.3 Å². The lowest BCUT2D eigenvalue weighted by molar-refractivity contribution is 0.321. The number of rotatable bonds is 8. The van der Waals surface area contributed by atoms with Crippen LogP contribution in [-0.2, 0) is 16.5 Å². The maximum atomic E-state index is 12.8. The molecule has 0 unspecified atom stereocenters. The Morgan fingerprint density at radius 1 is 1.00 bits per heavy atom. The van der Waals surface area contributed by atoms with Crippen LogP contribution in [-0.4, -0.2) is 22.1 Å². The molecule has 0 bridgehead atoms. The molecule has 0 radical (unpaired) electrons. The first kappa shape index (κ1) is 22.8. The van der Waals surface area contributed by atoms with Gasteiger partial charge in [0.2, 0.25) is 0 Å². The molecule has 0 atom stereocenters. The molecule has 0 aliphatic rings. The van der Waals surface area contributed by atoms with E-state index in [2.05, 4.69) is 6.07 Å². The monoisotopic (exact) mass is 477 g/mol. The van der Waals surface area contributed by atoms with Gasteiger partial charge in [-0.2, -0.15) is 13.7 Å². The van der Waals surface area contributed by atoms with Crippen LogP contribution in [0.5, 0.6) is 17.2 Å². The molecule has 31 heavy (non-hydrogen) atoms. The fourth-order valence-corrected chi connectivity index (χ4v) is 4.57. The maximum absolute atomic E-state index is 12.8. The first-order valence-corrected chi connectivity index (χ1v) is 11.2. The third-order valence-electron chi connectivity index (χ3n) is 4.20. The first-order chi connectivity index (χ1) is 14.8. The minimum atomic E-state index is -4.26. The fourth-order valence-electron chi connectivity index (χ4n) is 2.74. The van der Waals surface area contributed by atoms with E-state index in [0.29, 0.717) is 24.3 Å². The highest BCUT2D eigenvalue weighted by molar-refractivity contribution is 7.87. The Bertz CT molecular complexity index is 1220. The number of hydrogen-bond donors (Lipinski definition) is 0. The zero-order valence-electron chi connectivity index (χ0n) is 16.3. The number of nitriles is 1. The van der Waals surface area contributed by atoms with Crippen molar-refractivity contribution in [2.24, 2.45) is 0 Å². The number of nitrogens with zero attached hydrogens (tertiary/aromatic N) is 1. The van der Waals surface area contributed by atoms with E-state index in [9.17, 15) is 8.42 Å². The zero-order chi connectivity index (χ0) is 22.4. The Kier molecular flexibility index (Phi) is 7.29. The quantitative estimate of drug-likeness (QED) is 0.411. The van der Waals surface area contributed by atoms with Crippen LogP contribution in [0.25, 0.3) is 0 Å². The maximum Gasteiger partial charge on any atom is 0.343 e. The van der Waals surface area contributed by atoms with Crippen molar-refractivity contribution >= 4 is 33.3 Å². The number of hydrogen-bond acceptors (Lipinski definition) is 6. The van der Waals surface area contributed by atoms with Crippen LogP contribution in [0.2, 0.25) is 10.0 Å². The van der Waals surface area contributed by atoms with Crippen molar-refractivity contribution in [3.05, 3.63) is 81.8 Å². The van der Waals surface area contributed by atoms with Crippen molar-refractivity contribution in [3.63, 3.8) is 0 Å². The third kappa shape index (κ3) is 5.82. The average Bonchev–Trinajstić information content (AvgIpc) is 2.74. The Morgan fingerprint density at radius 2 is 1.71 bits per heavy atom. The second-order valence-electron chi connectivity index (χ2n) is 6.34. The fraction of sp³-hybridized carbons (Fsp3) is 0.136. The van der Waals surface area contributed by atoms with Crippen molar-refractivity contribution < 1.29 is 22.1 Å².